The summed E-state index contributed by atoms with van der Waals surface area (Å²) in [7, 11) is 0. The van der Waals surface area contributed by atoms with Crippen LogP contribution >= 0.6 is 0 Å². The van der Waals surface area contributed by atoms with Crippen molar-refractivity contribution in [1.82, 2.24) is 5.32 Å². The maximum absolute atomic E-state index is 11.7. The Hall–Kier alpha value is -1.82. The topological polar surface area (TPSA) is 52.9 Å². The van der Waals surface area contributed by atoms with Crippen molar-refractivity contribution in [2.24, 2.45) is 5.92 Å². The summed E-state index contributed by atoms with van der Waals surface area (Å²) >= 11 is 0. The van der Waals surface area contributed by atoms with Crippen LogP contribution in [0.2, 0.25) is 0 Å². The number of nitrogens with zero attached hydrogens (tertiary/aromatic N) is 1. The lowest BCUT2D eigenvalue weighted by Crippen LogP contribution is -2.31. The van der Waals surface area contributed by atoms with Crippen molar-refractivity contribution in [3.63, 3.8) is 0 Å². The molecular weight excluding hydrogens is 200 g/mol. The number of amides is 1. The third-order valence-corrected chi connectivity index (χ3v) is 2.21. The lowest BCUT2D eigenvalue weighted by Gasteiger charge is -2.11. The minimum absolute atomic E-state index is 0.220. The average molecular weight is 216 g/mol. The van der Waals surface area contributed by atoms with E-state index in [4.69, 9.17) is 5.26 Å². The summed E-state index contributed by atoms with van der Waals surface area (Å²) in [5.74, 6) is -0.540. The first-order chi connectivity index (χ1) is 7.65. The number of carbonyl (C=O) groups is 1. The van der Waals surface area contributed by atoms with Gasteiger partial charge < -0.3 is 5.32 Å². The van der Waals surface area contributed by atoms with Gasteiger partial charge in [0.2, 0.25) is 5.91 Å². The summed E-state index contributed by atoms with van der Waals surface area (Å²) in [6.07, 6.45) is 0. The van der Waals surface area contributed by atoms with E-state index in [9.17, 15) is 4.79 Å². The first-order valence-electron chi connectivity index (χ1n) is 5.37. The van der Waals surface area contributed by atoms with Crippen LogP contribution in [-0.4, -0.2) is 12.5 Å². The number of nitrogens with one attached hydrogen (secondary N) is 1. The van der Waals surface area contributed by atoms with E-state index in [2.05, 4.69) is 5.32 Å². The van der Waals surface area contributed by atoms with Gasteiger partial charge in [0.05, 0.1) is 6.07 Å². The molecule has 0 saturated carbocycles. The smallest absolute Gasteiger partial charge is 0.241 e. The fraction of sp³-hybridized carbons (Fsp3) is 0.385. The molecule has 0 aliphatic carbocycles. The second-order valence-corrected chi connectivity index (χ2v) is 4.11. The summed E-state index contributed by atoms with van der Waals surface area (Å²) < 4.78 is 0. The number of rotatable bonds is 4. The monoisotopic (exact) mass is 216 g/mol. The molecular formula is C13H16N2O. The van der Waals surface area contributed by atoms with Gasteiger partial charge in [0.15, 0.2) is 0 Å². The molecule has 3 heteroatoms. The first kappa shape index (κ1) is 12.3. The Labute approximate surface area is 96.1 Å². The van der Waals surface area contributed by atoms with Crippen LogP contribution in [0, 0.1) is 17.2 Å². The molecule has 0 radical (unpaired) electrons. The molecule has 1 atom stereocenters. The van der Waals surface area contributed by atoms with Crippen molar-refractivity contribution >= 4 is 5.91 Å². The molecule has 0 bridgehead atoms. The fourth-order valence-electron chi connectivity index (χ4n) is 1.34. The van der Waals surface area contributed by atoms with Crippen molar-refractivity contribution in [2.45, 2.75) is 19.8 Å². The average Bonchev–Trinajstić information content (AvgIpc) is 2.29. The van der Waals surface area contributed by atoms with Crippen LogP contribution in [0.5, 0.6) is 0 Å². The van der Waals surface area contributed by atoms with E-state index < -0.39 is 5.92 Å². The Balaban J connectivity index is 2.69. The number of carbonyl (C=O) groups excluding carboxylic acids is 1. The number of nitriles is 1. The van der Waals surface area contributed by atoms with E-state index in [0.29, 0.717) is 12.5 Å². The van der Waals surface area contributed by atoms with Gasteiger partial charge in [0.1, 0.15) is 5.92 Å². The molecule has 1 amide bonds. The number of hydrogen-bond donors (Lipinski definition) is 1. The summed E-state index contributed by atoms with van der Waals surface area (Å²) in [4.78, 5) is 11.7. The summed E-state index contributed by atoms with van der Waals surface area (Å²) in [6, 6.07) is 11.1. The molecule has 0 aliphatic heterocycles. The summed E-state index contributed by atoms with van der Waals surface area (Å²) in [6.45, 7) is 4.64. The fourth-order valence-corrected chi connectivity index (χ4v) is 1.34. The minimum atomic E-state index is -0.708. The first-order valence-corrected chi connectivity index (χ1v) is 5.37. The third kappa shape index (κ3) is 3.39. The van der Waals surface area contributed by atoms with Crippen molar-refractivity contribution in [3.05, 3.63) is 35.9 Å². The predicted molar refractivity (Wildman–Crippen MR) is 62.6 cm³/mol. The van der Waals surface area contributed by atoms with E-state index in [1.165, 1.54) is 0 Å². The Morgan fingerprint density at radius 1 is 1.38 bits per heavy atom. The number of benzene rings is 1. The SMILES string of the molecule is CC(C)CNC(=O)C(C#N)c1ccccc1. The van der Waals surface area contributed by atoms with Gasteiger partial charge in [0.25, 0.3) is 0 Å². The molecule has 0 fully saturated rings. The summed E-state index contributed by atoms with van der Waals surface area (Å²) in [5.41, 5.74) is 0.742. The van der Waals surface area contributed by atoms with Gasteiger partial charge >= 0.3 is 0 Å². The van der Waals surface area contributed by atoms with Crippen LogP contribution in [0.1, 0.15) is 25.3 Å². The lowest BCUT2D eigenvalue weighted by atomic mass is 10.00. The van der Waals surface area contributed by atoms with Gasteiger partial charge in [-0.25, -0.2) is 0 Å². The molecule has 0 aromatic heterocycles. The quantitative estimate of drug-likeness (QED) is 0.837. The van der Waals surface area contributed by atoms with Gasteiger partial charge in [-0.05, 0) is 11.5 Å². The molecule has 0 saturated heterocycles. The molecule has 84 valence electrons. The normalized spacial score (nSPS) is 11.9. The minimum Gasteiger partial charge on any atom is -0.354 e. The standard InChI is InChI=1S/C13H16N2O/c1-10(2)9-15-13(16)12(8-14)11-6-4-3-5-7-11/h3-7,10,12H,9H2,1-2H3,(H,15,16). The highest BCUT2D eigenvalue weighted by molar-refractivity contribution is 5.86. The number of hydrogen-bond acceptors (Lipinski definition) is 2. The van der Waals surface area contributed by atoms with Gasteiger partial charge in [-0.3, -0.25) is 4.79 Å². The van der Waals surface area contributed by atoms with E-state index in [-0.39, 0.29) is 5.91 Å². The van der Waals surface area contributed by atoms with Crippen LogP contribution in [-0.2, 0) is 4.79 Å². The zero-order chi connectivity index (χ0) is 12.0. The highest BCUT2D eigenvalue weighted by atomic mass is 16.1. The predicted octanol–water partition coefficient (Wildman–Crippen LogP) is 2.07. The summed E-state index contributed by atoms with van der Waals surface area (Å²) in [5, 5.41) is 11.8. The maximum Gasteiger partial charge on any atom is 0.241 e. The Morgan fingerprint density at radius 3 is 2.50 bits per heavy atom. The molecule has 1 N–H and O–H groups in total. The lowest BCUT2D eigenvalue weighted by molar-refractivity contribution is -0.121. The van der Waals surface area contributed by atoms with Crippen LogP contribution in [0.25, 0.3) is 0 Å². The molecule has 1 unspecified atom stereocenters. The van der Waals surface area contributed by atoms with E-state index in [0.717, 1.165) is 5.56 Å². The van der Waals surface area contributed by atoms with Gasteiger partial charge in [0, 0.05) is 6.54 Å². The molecule has 0 heterocycles. The zero-order valence-electron chi connectivity index (χ0n) is 9.60. The van der Waals surface area contributed by atoms with Crippen molar-refractivity contribution in [1.29, 1.82) is 5.26 Å². The van der Waals surface area contributed by atoms with Crippen LogP contribution in [0.15, 0.2) is 30.3 Å². The Morgan fingerprint density at radius 2 is 2.00 bits per heavy atom. The van der Waals surface area contributed by atoms with Crippen molar-refractivity contribution in [2.75, 3.05) is 6.54 Å². The second kappa shape index (κ2) is 5.92. The Kier molecular flexibility index (Phi) is 4.53. The highest BCUT2D eigenvalue weighted by Crippen LogP contribution is 2.14. The zero-order valence-corrected chi connectivity index (χ0v) is 9.60. The van der Waals surface area contributed by atoms with Crippen molar-refractivity contribution in [3.8, 4) is 6.07 Å². The molecule has 0 aliphatic rings. The Bertz CT molecular complexity index is 379. The van der Waals surface area contributed by atoms with Crippen LogP contribution < -0.4 is 5.32 Å². The molecule has 1 rings (SSSR count). The van der Waals surface area contributed by atoms with E-state index in [1.807, 2.05) is 38.1 Å². The molecule has 16 heavy (non-hydrogen) atoms. The maximum atomic E-state index is 11.7. The third-order valence-electron chi connectivity index (χ3n) is 2.21. The van der Waals surface area contributed by atoms with E-state index in [1.54, 1.807) is 12.1 Å². The molecule has 1 aromatic carbocycles. The second-order valence-electron chi connectivity index (χ2n) is 4.11. The molecule has 1 aromatic rings. The van der Waals surface area contributed by atoms with Gasteiger partial charge in [-0.15, -0.1) is 0 Å². The van der Waals surface area contributed by atoms with Crippen LogP contribution in [0.4, 0.5) is 0 Å². The van der Waals surface area contributed by atoms with Crippen LogP contribution in [0.3, 0.4) is 0 Å². The van der Waals surface area contributed by atoms with E-state index >= 15 is 0 Å². The van der Waals surface area contributed by atoms with Gasteiger partial charge in [-0.2, -0.15) is 5.26 Å². The molecule has 3 nitrogen and oxygen atoms in total. The molecule has 0 spiro atoms. The van der Waals surface area contributed by atoms with Gasteiger partial charge in [-0.1, -0.05) is 44.2 Å². The largest absolute Gasteiger partial charge is 0.354 e. The highest BCUT2D eigenvalue weighted by Gasteiger charge is 2.19. The van der Waals surface area contributed by atoms with Crippen molar-refractivity contribution < 1.29 is 4.79 Å².